The van der Waals surface area contributed by atoms with Gasteiger partial charge in [0.25, 0.3) is 11.8 Å². The third kappa shape index (κ3) is 2.55. The molecule has 0 bridgehead atoms. The Morgan fingerprint density at radius 2 is 1.75 bits per heavy atom. The van der Waals surface area contributed by atoms with Crippen molar-refractivity contribution in [2.24, 2.45) is 5.92 Å². The molecule has 24 heavy (non-hydrogen) atoms. The molecule has 0 spiro atoms. The number of hydrogen-bond donors (Lipinski definition) is 1. The van der Waals surface area contributed by atoms with Gasteiger partial charge in [-0.1, -0.05) is 26.0 Å². The van der Waals surface area contributed by atoms with Crippen LogP contribution >= 0.6 is 0 Å². The summed E-state index contributed by atoms with van der Waals surface area (Å²) >= 11 is 0. The van der Waals surface area contributed by atoms with E-state index in [-0.39, 0.29) is 24.3 Å². The highest BCUT2D eigenvalue weighted by atomic mass is 16.3. The predicted octanol–water partition coefficient (Wildman–Crippen LogP) is 2.52. The molecule has 3 rings (SSSR count). The minimum absolute atomic E-state index is 0.0411. The molecule has 0 unspecified atom stereocenters. The van der Waals surface area contributed by atoms with Crippen molar-refractivity contribution in [1.29, 1.82) is 0 Å². The zero-order chi connectivity index (χ0) is 17.4. The van der Waals surface area contributed by atoms with Gasteiger partial charge in [-0.2, -0.15) is 0 Å². The molecular formula is C19H22N2O3. The number of imide groups is 1. The lowest BCUT2D eigenvalue weighted by molar-refractivity contribution is 0.0592. The van der Waals surface area contributed by atoms with Crippen molar-refractivity contribution in [3.63, 3.8) is 0 Å². The van der Waals surface area contributed by atoms with Crippen LogP contribution in [0.3, 0.4) is 0 Å². The van der Waals surface area contributed by atoms with Crippen LogP contribution in [0.2, 0.25) is 0 Å². The minimum Gasteiger partial charge on any atom is -0.395 e. The SMILES string of the molecule is CC(C)CN1C(=O)c2cccc3c(N(C)CCO)ccc(c23)C1=O. The molecule has 1 heterocycles. The first-order valence-electron chi connectivity index (χ1n) is 8.19. The topological polar surface area (TPSA) is 60.9 Å². The maximum atomic E-state index is 12.8. The highest BCUT2D eigenvalue weighted by Crippen LogP contribution is 2.35. The molecule has 2 amide bonds. The van der Waals surface area contributed by atoms with E-state index < -0.39 is 0 Å². The second kappa shape index (κ2) is 6.24. The molecule has 2 aromatic carbocycles. The number of benzene rings is 2. The summed E-state index contributed by atoms with van der Waals surface area (Å²) in [5.41, 5.74) is 2.05. The molecule has 0 fully saturated rings. The minimum atomic E-state index is -0.228. The fraction of sp³-hybridized carbons (Fsp3) is 0.368. The molecule has 0 aliphatic carbocycles. The summed E-state index contributed by atoms with van der Waals surface area (Å²) in [5.74, 6) is -0.240. The van der Waals surface area contributed by atoms with Gasteiger partial charge in [0.2, 0.25) is 0 Å². The summed E-state index contributed by atoms with van der Waals surface area (Å²) < 4.78 is 0. The van der Waals surface area contributed by atoms with Gasteiger partial charge < -0.3 is 10.0 Å². The van der Waals surface area contributed by atoms with Crippen LogP contribution in [0.4, 0.5) is 5.69 Å². The van der Waals surface area contributed by atoms with E-state index in [0.717, 1.165) is 16.5 Å². The number of nitrogens with zero attached hydrogens (tertiary/aromatic N) is 2. The fourth-order valence-electron chi connectivity index (χ4n) is 3.27. The lowest BCUT2D eigenvalue weighted by Gasteiger charge is -2.30. The van der Waals surface area contributed by atoms with Gasteiger partial charge in [0.1, 0.15) is 0 Å². The Morgan fingerprint density at radius 1 is 1.08 bits per heavy atom. The van der Waals surface area contributed by atoms with Gasteiger partial charge in [0.05, 0.1) is 6.61 Å². The van der Waals surface area contributed by atoms with E-state index in [1.807, 2.05) is 44.0 Å². The molecule has 0 atom stereocenters. The molecular weight excluding hydrogens is 304 g/mol. The molecule has 5 heteroatoms. The second-order valence-electron chi connectivity index (χ2n) is 6.62. The standard InChI is InChI=1S/C19H22N2O3/c1-12(2)11-21-18(23)14-6-4-5-13-16(20(3)9-10-22)8-7-15(17(13)14)19(21)24/h4-8,12,22H,9-11H2,1-3H3. The molecule has 1 N–H and O–H groups in total. The van der Waals surface area contributed by atoms with Crippen LogP contribution in [-0.4, -0.2) is 48.6 Å². The second-order valence-corrected chi connectivity index (χ2v) is 6.62. The molecule has 5 nitrogen and oxygen atoms in total. The molecule has 1 aliphatic heterocycles. The van der Waals surface area contributed by atoms with Gasteiger partial charge in [-0.05, 0) is 24.1 Å². The summed E-state index contributed by atoms with van der Waals surface area (Å²) in [7, 11) is 1.89. The fourth-order valence-corrected chi connectivity index (χ4v) is 3.27. The van der Waals surface area contributed by atoms with Crippen molar-refractivity contribution in [2.45, 2.75) is 13.8 Å². The van der Waals surface area contributed by atoms with Crippen molar-refractivity contribution < 1.29 is 14.7 Å². The Bertz CT molecular complexity index is 791. The monoisotopic (exact) mass is 326 g/mol. The predicted molar refractivity (Wildman–Crippen MR) is 94.5 cm³/mol. The van der Waals surface area contributed by atoms with Gasteiger partial charge >= 0.3 is 0 Å². The van der Waals surface area contributed by atoms with Crippen molar-refractivity contribution in [1.82, 2.24) is 4.90 Å². The van der Waals surface area contributed by atoms with Crippen LogP contribution in [0.25, 0.3) is 10.8 Å². The number of aliphatic hydroxyl groups excluding tert-OH is 1. The zero-order valence-electron chi connectivity index (χ0n) is 14.2. The van der Waals surface area contributed by atoms with E-state index in [0.29, 0.717) is 24.2 Å². The Morgan fingerprint density at radius 3 is 2.38 bits per heavy atom. The summed E-state index contributed by atoms with van der Waals surface area (Å²) in [6, 6.07) is 9.22. The third-order valence-electron chi connectivity index (χ3n) is 4.36. The van der Waals surface area contributed by atoms with E-state index in [4.69, 9.17) is 0 Å². The van der Waals surface area contributed by atoms with Crippen LogP contribution in [0.5, 0.6) is 0 Å². The smallest absolute Gasteiger partial charge is 0.261 e. The van der Waals surface area contributed by atoms with E-state index in [1.54, 1.807) is 12.1 Å². The van der Waals surface area contributed by atoms with Gasteiger partial charge in [-0.15, -0.1) is 0 Å². The number of aliphatic hydroxyl groups is 1. The average Bonchev–Trinajstić information content (AvgIpc) is 2.56. The van der Waals surface area contributed by atoms with E-state index in [1.165, 1.54) is 4.90 Å². The molecule has 2 aromatic rings. The van der Waals surface area contributed by atoms with Gasteiger partial charge in [-0.3, -0.25) is 14.5 Å². The molecule has 126 valence electrons. The van der Waals surface area contributed by atoms with Crippen LogP contribution in [0, 0.1) is 5.92 Å². The first-order valence-corrected chi connectivity index (χ1v) is 8.19. The van der Waals surface area contributed by atoms with E-state index >= 15 is 0 Å². The normalized spacial score (nSPS) is 14.0. The first-order chi connectivity index (χ1) is 11.5. The van der Waals surface area contributed by atoms with Crippen molar-refractivity contribution in [2.75, 3.05) is 31.6 Å². The highest BCUT2D eigenvalue weighted by Gasteiger charge is 2.33. The summed E-state index contributed by atoms with van der Waals surface area (Å²) in [6.07, 6.45) is 0. The van der Waals surface area contributed by atoms with Crippen LogP contribution in [-0.2, 0) is 0 Å². The van der Waals surface area contributed by atoms with Crippen LogP contribution in [0.1, 0.15) is 34.6 Å². The number of rotatable bonds is 5. The highest BCUT2D eigenvalue weighted by molar-refractivity contribution is 6.26. The van der Waals surface area contributed by atoms with E-state index in [2.05, 4.69) is 0 Å². The van der Waals surface area contributed by atoms with Gasteiger partial charge in [-0.25, -0.2) is 0 Å². The van der Waals surface area contributed by atoms with Crippen LogP contribution < -0.4 is 4.90 Å². The number of likely N-dealkylation sites (N-methyl/N-ethyl adjacent to an activating group) is 1. The van der Waals surface area contributed by atoms with Crippen LogP contribution in [0.15, 0.2) is 30.3 Å². The Kier molecular flexibility index (Phi) is 4.28. The van der Waals surface area contributed by atoms with Crippen molar-refractivity contribution in [3.05, 3.63) is 41.5 Å². The van der Waals surface area contributed by atoms with Crippen molar-refractivity contribution in [3.8, 4) is 0 Å². The summed E-state index contributed by atoms with van der Waals surface area (Å²) in [6.45, 7) is 4.92. The maximum absolute atomic E-state index is 12.8. The average molecular weight is 326 g/mol. The molecule has 0 radical (unpaired) electrons. The number of carbonyl (C=O) groups is 2. The molecule has 0 aromatic heterocycles. The lowest BCUT2D eigenvalue weighted by atomic mass is 9.92. The number of anilines is 1. The number of amides is 2. The first kappa shape index (κ1) is 16.5. The van der Waals surface area contributed by atoms with Gasteiger partial charge in [0, 0.05) is 47.7 Å². The third-order valence-corrected chi connectivity index (χ3v) is 4.36. The molecule has 0 saturated heterocycles. The van der Waals surface area contributed by atoms with Gasteiger partial charge in [0.15, 0.2) is 0 Å². The Hall–Kier alpha value is -2.40. The Labute approximate surface area is 141 Å². The summed E-state index contributed by atoms with van der Waals surface area (Å²) in [4.78, 5) is 28.9. The number of carbonyl (C=O) groups excluding carboxylic acids is 2. The Balaban J connectivity index is 2.20. The van der Waals surface area contributed by atoms with E-state index in [9.17, 15) is 14.7 Å². The quantitative estimate of drug-likeness (QED) is 0.858. The lowest BCUT2D eigenvalue weighted by Crippen LogP contribution is -2.42. The zero-order valence-corrected chi connectivity index (χ0v) is 14.2. The maximum Gasteiger partial charge on any atom is 0.261 e. The summed E-state index contributed by atoms with van der Waals surface area (Å²) in [5, 5.41) is 10.8. The molecule has 1 aliphatic rings. The molecule has 0 saturated carbocycles. The van der Waals surface area contributed by atoms with Crippen molar-refractivity contribution >= 4 is 28.3 Å². The largest absolute Gasteiger partial charge is 0.395 e. The number of hydrogen-bond acceptors (Lipinski definition) is 4.